The molecule has 0 rings (SSSR count). The SMILES string of the molecule is CCC[CH2][Sn](/[CH]=C/C=C/C=C/C(C)C)([CH2]CCC)[CH2]CCC. The monoisotopic (exact) mass is 412 g/mol. The van der Waals surface area contributed by atoms with E-state index in [2.05, 4.69) is 69.1 Å². The molecule has 0 aromatic rings. The Hall–Kier alpha value is 0.0187. The molecule has 0 fully saturated rings. The van der Waals surface area contributed by atoms with Gasteiger partial charge in [0.1, 0.15) is 0 Å². The summed E-state index contributed by atoms with van der Waals surface area (Å²) in [6.45, 7) is 11.5. The molecule has 0 nitrogen and oxygen atoms in total. The van der Waals surface area contributed by atoms with Crippen molar-refractivity contribution in [3.63, 3.8) is 0 Å². The molecule has 0 radical (unpaired) electrons. The van der Waals surface area contributed by atoms with Crippen LogP contribution in [0.4, 0.5) is 0 Å². The van der Waals surface area contributed by atoms with Crippen LogP contribution in [0, 0.1) is 5.92 Å². The first-order valence-electron chi connectivity index (χ1n) is 9.63. The average Bonchev–Trinajstić information content (AvgIpc) is 2.51. The van der Waals surface area contributed by atoms with Crippen molar-refractivity contribution < 1.29 is 0 Å². The number of rotatable bonds is 13. The van der Waals surface area contributed by atoms with Gasteiger partial charge < -0.3 is 0 Å². The molecule has 22 heavy (non-hydrogen) atoms. The third-order valence-electron chi connectivity index (χ3n) is 4.36. The van der Waals surface area contributed by atoms with E-state index in [4.69, 9.17) is 0 Å². The molecule has 0 aliphatic rings. The molecule has 0 bridgehead atoms. The fraction of sp³-hybridized carbons (Fsp3) is 0.714. The van der Waals surface area contributed by atoms with Crippen LogP contribution in [-0.4, -0.2) is 18.4 Å². The Labute approximate surface area is 145 Å². The zero-order valence-corrected chi connectivity index (χ0v) is 18.8. The summed E-state index contributed by atoms with van der Waals surface area (Å²) >= 11 is -2.03. The first kappa shape index (κ1) is 22.0. The number of unbranched alkanes of at least 4 members (excludes halogenated alkanes) is 3. The number of hydrogen-bond donors (Lipinski definition) is 0. The summed E-state index contributed by atoms with van der Waals surface area (Å²) in [6, 6.07) is 0. The zero-order chi connectivity index (χ0) is 16.7. The molecule has 0 spiro atoms. The van der Waals surface area contributed by atoms with E-state index in [9.17, 15) is 0 Å². The van der Waals surface area contributed by atoms with Crippen LogP contribution < -0.4 is 0 Å². The van der Waals surface area contributed by atoms with Gasteiger partial charge in [-0.15, -0.1) is 0 Å². The molecule has 128 valence electrons. The second-order valence-corrected chi connectivity index (χ2v) is 20.1. The average molecular weight is 411 g/mol. The fourth-order valence-electron chi connectivity index (χ4n) is 2.89. The standard InChI is InChI=1S/C9H13.3C4H9.Sn/c1-4-5-6-7-8-9(2)3;3*1-3-4-2;/h1,4-9H,2-3H3;3*1,3-4H2,2H3;/b4-1?,6-5+,8-7+;;;;. The van der Waals surface area contributed by atoms with Gasteiger partial charge in [-0.25, -0.2) is 0 Å². The van der Waals surface area contributed by atoms with Crippen molar-refractivity contribution in [1.29, 1.82) is 0 Å². The quantitative estimate of drug-likeness (QED) is 0.215. The molecule has 0 amide bonds. The van der Waals surface area contributed by atoms with Crippen LogP contribution in [0.25, 0.3) is 0 Å². The maximum atomic E-state index is 2.73. The Kier molecular flexibility index (Phi) is 14.6. The van der Waals surface area contributed by atoms with Crippen LogP contribution in [0.5, 0.6) is 0 Å². The van der Waals surface area contributed by atoms with E-state index in [-0.39, 0.29) is 0 Å². The van der Waals surface area contributed by atoms with Crippen molar-refractivity contribution in [2.45, 2.75) is 86.5 Å². The van der Waals surface area contributed by atoms with Crippen LogP contribution in [-0.2, 0) is 0 Å². The van der Waals surface area contributed by atoms with Crippen LogP contribution >= 0.6 is 0 Å². The third-order valence-corrected chi connectivity index (χ3v) is 18.5. The Morgan fingerprint density at radius 2 is 1.14 bits per heavy atom. The molecule has 0 atom stereocenters. The van der Waals surface area contributed by atoms with Crippen molar-refractivity contribution in [1.82, 2.24) is 0 Å². The van der Waals surface area contributed by atoms with Gasteiger partial charge in [0.05, 0.1) is 0 Å². The van der Waals surface area contributed by atoms with Crippen LogP contribution in [0.15, 0.2) is 34.5 Å². The van der Waals surface area contributed by atoms with Gasteiger partial charge in [-0.1, -0.05) is 0 Å². The predicted molar refractivity (Wildman–Crippen MR) is 107 cm³/mol. The summed E-state index contributed by atoms with van der Waals surface area (Å²) in [6.07, 6.45) is 19.7. The summed E-state index contributed by atoms with van der Waals surface area (Å²) < 4.78 is 7.43. The molecule has 0 N–H and O–H groups in total. The normalized spacial score (nSPS) is 13.4. The molecular weight excluding hydrogens is 371 g/mol. The summed E-state index contributed by atoms with van der Waals surface area (Å²) in [4.78, 5) is 0. The third kappa shape index (κ3) is 11.6. The molecular formula is C21H40Sn. The van der Waals surface area contributed by atoms with Gasteiger partial charge in [-0.05, 0) is 0 Å². The predicted octanol–water partition coefficient (Wildman–Crippen LogP) is 7.70. The van der Waals surface area contributed by atoms with Gasteiger partial charge in [-0.3, -0.25) is 0 Å². The van der Waals surface area contributed by atoms with E-state index in [1.54, 1.807) is 13.3 Å². The summed E-state index contributed by atoms with van der Waals surface area (Å²) in [5, 5.41) is 0. The van der Waals surface area contributed by atoms with E-state index < -0.39 is 18.4 Å². The van der Waals surface area contributed by atoms with Crippen LogP contribution in [0.2, 0.25) is 13.3 Å². The first-order chi connectivity index (χ1) is 10.6. The van der Waals surface area contributed by atoms with E-state index >= 15 is 0 Å². The van der Waals surface area contributed by atoms with Gasteiger partial charge in [0.25, 0.3) is 0 Å². The molecule has 0 aliphatic carbocycles. The Bertz CT molecular complexity index is 301. The fourth-order valence-corrected chi connectivity index (χ4v) is 17.0. The van der Waals surface area contributed by atoms with E-state index in [0.717, 1.165) is 0 Å². The van der Waals surface area contributed by atoms with Crippen LogP contribution in [0.3, 0.4) is 0 Å². The molecule has 0 saturated carbocycles. The topological polar surface area (TPSA) is 0 Å². The van der Waals surface area contributed by atoms with Gasteiger partial charge in [-0.2, -0.15) is 0 Å². The van der Waals surface area contributed by atoms with Gasteiger partial charge in [0, 0.05) is 0 Å². The second-order valence-electron chi connectivity index (χ2n) is 7.05. The summed E-state index contributed by atoms with van der Waals surface area (Å²) in [7, 11) is 0. The Morgan fingerprint density at radius 1 is 0.682 bits per heavy atom. The molecule has 0 heterocycles. The molecule has 0 aromatic heterocycles. The molecule has 1 heteroatoms. The molecule has 0 aliphatic heterocycles. The van der Waals surface area contributed by atoms with E-state index in [1.165, 1.54) is 38.5 Å². The zero-order valence-electron chi connectivity index (χ0n) is 15.9. The van der Waals surface area contributed by atoms with Gasteiger partial charge >= 0.3 is 145 Å². The molecule has 0 unspecified atom stereocenters. The Balaban J connectivity index is 4.82. The number of allylic oxidation sites excluding steroid dienone is 5. The van der Waals surface area contributed by atoms with Crippen molar-refractivity contribution in [3.8, 4) is 0 Å². The van der Waals surface area contributed by atoms with E-state index in [1.807, 2.05) is 0 Å². The number of hydrogen-bond acceptors (Lipinski definition) is 0. The van der Waals surface area contributed by atoms with Crippen molar-refractivity contribution >= 4 is 18.4 Å². The van der Waals surface area contributed by atoms with Gasteiger partial charge in [0.15, 0.2) is 0 Å². The van der Waals surface area contributed by atoms with E-state index in [0.29, 0.717) is 5.92 Å². The first-order valence-corrected chi connectivity index (χ1v) is 17.3. The van der Waals surface area contributed by atoms with Crippen molar-refractivity contribution in [2.75, 3.05) is 0 Å². The summed E-state index contributed by atoms with van der Waals surface area (Å²) in [5.74, 6) is 0.644. The second kappa shape index (κ2) is 14.6. The minimum atomic E-state index is -2.03. The van der Waals surface area contributed by atoms with Crippen molar-refractivity contribution in [2.24, 2.45) is 5.92 Å². The minimum absolute atomic E-state index is 0.644. The summed E-state index contributed by atoms with van der Waals surface area (Å²) in [5.41, 5.74) is 0. The van der Waals surface area contributed by atoms with Crippen LogP contribution in [0.1, 0.15) is 73.1 Å². The molecule has 0 aromatic carbocycles. The molecule has 0 saturated heterocycles. The Morgan fingerprint density at radius 3 is 1.55 bits per heavy atom. The van der Waals surface area contributed by atoms with Crippen molar-refractivity contribution in [3.05, 3.63) is 34.5 Å². The van der Waals surface area contributed by atoms with Gasteiger partial charge in [0.2, 0.25) is 0 Å². The maximum absolute atomic E-state index is 2.73.